The van der Waals surface area contributed by atoms with Crippen molar-refractivity contribution in [2.45, 2.75) is 74.1 Å². The molecule has 12 nitrogen and oxygen atoms in total. The number of aliphatic hydroxyl groups is 1. The molecule has 1 unspecified atom stereocenters. The SMILES string of the molecule is NC(=O)c1cccc(S(=O)(=O)N(C[C@@H](O)[C@H](Cc2ccccc2)NC(=O)OC2CO[C@@H]3OCC[C@H]23)OC2CCCC2)c1. The summed E-state index contributed by atoms with van der Waals surface area (Å²) in [5.41, 5.74) is 6.21. The number of primary amides is 1. The zero-order valence-electron chi connectivity index (χ0n) is 23.2. The number of fused-ring (bicyclic) bond motifs is 1. The van der Waals surface area contributed by atoms with E-state index in [1.807, 2.05) is 30.3 Å². The normalized spacial score (nSPS) is 23.9. The van der Waals surface area contributed by atoms with Crippen LogP contribution in [0.1, 0.15) is 48.0 Å². The Bertz CT molecular complexity index is 1340. The average molecular weight is 604 g/mol. The molecule has 0 spiro atoms. The van der Waals surface area contributed by atoms with Crippen molar-refractivity contribution in [2.24, 2.45) is 11.7 Å². The summed E-state index contributed by atoms with van der Waals surface area (Å²) in [6.45, 7) is 0.253. The van der Waals surface area contributed by atoms with E-state index >= 15 is 0 Å². The molecule has 0 bridgehead atoms. The van der Waals surface area contributed by atoms with Crippen molar-refractivity contribution in [1.82, 2.24) is 9.79 Å². The van der Waals surface area contributed by atoms with E-state index in [9.17, 15) is 23.1 Å². The molecule has 3 aliphatic rings. The van der Waals surface area contributed by atoms with Crippen molar-refractivity contribution in [2.75, 3.05) is 19.8 Å². The van der Waals surface area contributed by atoms with Crippen molar-refractivity contribution < 1.29 is 42.2 Å². The van der Waals surface area contributed by atoms with Gasteiger partial charge >= 0.3 is 6.09 Å². The lowest BCUT2D eigenvalue weighted by atomic mass is 10.0. The highest BCUT2D eigenvalue weighted by Crippen LogP contribution is 2.33. The van der Waals surface area contributed by atoms with Gasteiger partial charge in [0.05, 0.1) is 48.8 Å². The number of amides is 2. The first kappa shape index (κ1) is 30.4. The standard InChI is InChI=1S/C29H37N3O9S/c30-27(34)20-9-6-12-22(16-20)42(36,37)32(41-21-10-4-5-11-21)17-25(33)24(15-19-7-2-1-3-8-19)31-29(35)40-26-18-39-28-23(26)13-14-38-28/h1-3,6-9,12,16,21,23-26,28,33H,4-5,10-11,13-15,17-18H2,(H2,30,34)(H,31,35)/t23-,24+,25-,26?,28+/m1/s1. The van der Waals surface area contributed by atoms with Gasteiger partial charge in [0.15, 0.2) is 6.29 Å². The number of hydroxylamine groups is 1. The zero-order chi connectivity index (χ0) is 29.7. The fourth-order valence-electron chi connectivity index (χ4n) is 5.59. The molecule has 5 atom stereocenters. The molecule has 13 heteroatoms. The molecule has 1 saturated carbocycles. The van der Waals surface area contributed by atoms with Crippen LogP contribution >= 0.6 is 0 Å². The van der Waals surface area contributed by atoms with Gasteiger partial charge in [-0.2, -0.15) is 0 Å². The van der Waals surface area contributed by atoms with Gasteiger partial charge in [-0.3, -0.25) is 9.63 Å². The first-order valence-electron chi connectivity index (χ1n) is 14.2. The Morgan fingerprint density at radius 1 is 1.07 bits per heavy atom. The largest absolute Gasteiger partial charge is 0.443 e. The minimum Gasteiger partial charge on any atom is -0.443 e. The Labute approximate surface area is 245 Å². The predicted octanol–water partition coefficient (Wildman–Crippen LogP) is 2.11. The Hall–Kier alpha value is -3.07. The quantitative estimate of drug-likeness (QED) is 0.308. The molecule has 42 heavy (non-hydrogen) atoms. The van der Waals surface area contributed by atoms with Gasteiger partial charge < -0.3 is 30.4 Å². The number of sulfonamides is 1. The van der Waals surface area contributed by atoms with Gasteiger partial charge in [0, 0.05) is 5.56 Å². The molecule has 1 aliphatic carbocycles. The van der Waals surface area contributed by atoms with Crippen molar-refractivity contribution in [3.05, 3.63) is 65.7 Å². The fraction of sp³-hybridized carbons (Fsp3) is 0.517. The van der Waals surface area contributed by atoms with E-state index in [-0.39, 0.29) is 35.5 Å². The molecular formula is C29H37N3O9S. The zero-order valence-corrected chi connectivity index (χ0v) is 24.0. The number of nitrogens with two attached hydrogens (primary N) is 1. The maximum atomic E-state index is 13.8. The molecule has 4 N–H and O–H groups in total. The van der Waals surface area contributed by atoms with Gasteiger partial charge in [-0.05, 0) is 49.4 Å². The smallest absolute Gasteiger partial charge is 0.407 e. The number of aliphatic hydroxyl groups excluding tert-OH is 1. The highest BCUT2D eigenvalue weighted by Gasteiger charge is 2.44. The van der Waals surface area contributed by atoms with E-state index in [1.165, 1.54) is 24.3 Å². The van der Waals surface area contributed by atoms with Crippen LogP contribution < -0.4 is 11.1 Å². The van der Waals surface area contributed by atoms with Crippen LogP contribution in [0.5, 0.6) is 0 Å². The molecular weight excluding hydrogens is 566 g/mol. The number of hydrogen-bond donors (Lipinski definition) is 3. The highest BCUT2D eigenvalue weighted by molar-refractivity contribution is 7.89. The fourth-order valence-corrected chi connectivity index (χ4v) is 6.93. The molecule has 2 aromatic carbocycles. The van der Waals surface area contributed by atoms with Crippen molar-refractivity contribution in [1.29, 1.82) is 0 Å². The van der Waals surface area contributed by atoms with Gasteiger partial charge in [-0.25, -0.2) is 13.2 Å². The van der Waals surface area contributed by atoms with Crippen LogP contribution in [0.25, 0.3) is 0 Å². The molecule has 0 radical (unpaired) electrons. The summed E-state index contributed by atoms with van der Waals surface area (Å²) in [5, 5.41) is 14.2. The highest BCUT2D eigenvalue weighted by atomic mass is 32.2. The maximum absolute atomic E-state index is 13.8. The van der Waals surface area contributed by atoms with E-state index < -0.39 is 53.1 Å². The van der Waals surface area contributed by atoms with Crippen molar-refractivity contribution in [3.8, 4) is 0 Å². The second-order valence-corrected chi connectivity index (χ2v) is 12.7. The molecule has 5 rings (SSSR count). The topological polar surface area (TPSA) is 167 Å². The number of hydrogen-bond acceptors (Lipinski definition) is 9. The summed E-state index contributed by atoms with van der Waals surface area (Å²) in [7, 11) is -4.33. The molecule has 2 amide bonds. The number of carbonyl (C=O) groups is 2. The molecule has 2 heterocycles. The van der Waals surface area contributed by atoms with Crippen LogP contribution in [-0.2, 0) is 35.5 Å². The second kappa shape index (κ2) is 13.5. The number of carbonyl (C=O) groups excluding carboxylic acids is 2. The number of alkyl carbamates (subject to hydrolysis) is 1. The van der Waals surface area contributed by atoms with E-state index in [0.717, 1.165) is 22.9 Å². The summed E-state index contributed by atoms with van der Waals surface area (Å²) < 4.78 is 45.0. The van der Waals surface area contributed by atoms with Gasteiger partial charge in [0.1, 0.15) is 6.10 Å². The van der Waals surface area contributed by atoms with Gasteiger partial charge in [-0.15, -0.1) is 0 Å². The van der Waals surface area contributed by atoms with E-state index in [1.54, 1.807) is 0 Å². The summed E-state index contributed by atoms with van der Waals surface area (Å²) in [6.07, 6.45) is 0.615. The average Bonchev–Trinajstić information content (AvgIpc) is 3.74. The number of nitrogens with zero attached hydrogens (tertiary/aromatic N) is 1. The summed E-state index contributed by atoms with van der Waals surface area (Å²) in [5.74, 6) is -0.839. The Balaban J connectivity index is 1.36. The van der Waals surface area contributed by atoms with Crippen molar-refractivity contribution >= 4 is 22.0 Å². The number of nitrogens with one attached hydrogen (secondary N) is 1. The Kier molecular flexibility index (Phi) is 9.76. The Morgan fingerprint density at radius 2 is 1.83 bits per heavy atom. The molecule has 2 aliphatic heterocycles. The van der Waals surface area contributed by atoms with E-state index in [2.05, 4.69) is 5.32 Å². The monoisotopic (exact) mass is 603 g/mol. The number of ether oxygens (including phenoxy) is 3. The summed E-state index contributed by atoms with van der Waals surface area (Å²) in [6, 6.07) is 13.6. The van der Waals surface area contributed by atoms with Crippen LogP contribution in [0.15, 0.2) is 59.5 Å². The van der Waals surface area contributed by atoms with Crippen LogP contribution in [-0.4, -0.2) is 80.4 Å². The lowest BCUT2D eigenvalue weighted by Gasteiger charge is -2.31. The third kappa shape index (κ3) is 7.28. The third-order valence-corrected chi connectivity index (χ3v) is 9.52. The molecule has 3 fully saturated rings. The van der Waals surface area contributed by atoms with Crippen LogP contribution in [0.3, 0.4) is 0 Å². The lowest BCUT2D eigenvalue weighted by Crippen LogP contribution is -2.51. The minimum absolute atomic E-state index is 0.0228. The summed E-state index contributed by atoms with van der Waals surface area (Å²) >= 11 is 0. The van der Waals surface area contributed by atoms with Gasteiger partial charge in [-0.1, -0.05) is 53.7 Å². The molecule has 228 valence electrons. The molecule has 2 saturated heterocycles. The first-order chi connectivity index (χ1) is 20.2. The van der Waals surface area contributed by atoms with Gasteiger partial charge in [0.2, 0.25) is 5.91 Å². The van der Waals surface area contributed by atoms with Gasteiger partial charge in [0.25, 0.3) is 10.0 Å². The predicted molar refractivity (Wildman–Crippen MR) is 149 cm³/mol. The van der Waals surface area contributed by atoms with E-state index in [4.69, 9.17) is 24.8 Å². The summed E-state index contributed by atoms with van der Waals surface area (Å²) in [4.78, 5) is 30.5. The minimum atomic E-state index is -4.33. The number of benzene rings is 2. The second-order valence-electron chi connectivity index (χ2n) is 10.9. The van der Waals surface area contributed by atoms with Crippen LogP contribution in [0, 0.1) is 5.92 Å². The first-order valence-corrected chi connectivity index (χ1v) is 15.7. The van der Waals surface area contributed by atoms with Crippen LogP contribution in [0.2, 0.25) is 0 Å². The number of rotatable bonds is 12. The maximum Gasteiger partial charge on any atom is 0.407 e. The molecule has 0 aromatic heterocycles. The third-order valence-electron chi connectivity index (χ3n) is 7.90. The van der Waals surface area contributed by atoms with Crippen LogP contribution in [0.4, 0.5) is 4.79 Å². The molecule has 2 aromatic rings. The van der Waals surface area contributed by atoms with Crippen molar-refractivity contribution in [3.63, 3.8) is 0 Å². The van der Waals surface area contributed by atoms with E-state index in [0.29, 0.717) is 25.9 Å². The lowest BCUT2D eigenvalue weighted by molar-refractivity contribution is -0.145. The Morgan fingerprint density at radius 3 is 2.57 bits per heavy atom.